The highest BCUT2D eigenvalue weighted by Gasteiger charge is 2.05. The van der Waals surface area contributed by atoms with Crippen molar-refractivity contribution in [1.82, 2.24) is 15.2 Å². The number of aromatic nitrogens is 3. The molecule has 5 heteroatoms. The summed E-state index contributed by atoms with van der Waals surface area (Å²) in [5.41, 5.74) is 1.76. The summed E-state index contributed by atoms with van der Waals surface area (Å²) < 4.78 is 5.79. The maximum Gasteiger partial charge on any atom is 0.247 e. The van der Waals surface area contributed by atoms with Gasteiger partial charge in [-0.05, 0) is 34.1 Å². The van der Waals surface area contributed by atoms with Gasteiger partial charge in [0.05, 0.1) is 17.3 Å². The van der Waals surface area contributed by atoms with Crippen molar-refractivity contribution in [3.63, 3.8) is 0 Å². The average Bonchev–Trinajstić information content (AvgIpc) is 2.30. The first-order chi connectivity index (χ1) is 7.31. The number of ether oxygens (including phenoxy) is 1. The summed E-state index contributed by atoms with van der Waals surface area (Å²) in [4.78, 5) is 3.94. The number of hydrogen-bond acceptors (Lipinski definition) is 4. The molecule has 15 heavy (non-hydrogen) atoms. The standard InChI is InChI=1S/C10H8BrN3O/c1-15-10-8(11)6-9(13-14-10)7-2-4-12-5-3-7/h2-6H,1H3. The Labute approximate surface area is 95.5 Å². The molecular formula is C10H8BrN3O. The lowest BCUT2D eigenvalue weighted by atomic mass is 10.2. The van der Waals surface area contributed by atoms with Gasteiger partial charge in [-0.15, -0.1) is 10.2 Å². The predicted molar refractivity (Wildman–Crippen MR) is 59.5 cm³/mol. The molecule has 0 unspecified atom stereocenters. The van der Waals surface area contributed by atoms with Gasteiger partial charge in [0.1, 0.15) is 0 Å². The predicted octanol–water partition coefficient (Wildman–Crippen LogP) is 2.31. The Hall–Kier alpha value is -1.49. The van der Waals surface area contributed by atoms with Crippen LogP contribution in [0.15, 0.2) is 35.1 Å². The molecule has 0 atom stereocenters. The lowest BCUT2D eigenvalue weighted by Crippen LogP contribution is -1.94. The van der Waals surface area contributed by atoms with E-state index >= 15 is 0 Å². The van der Waals surface area contributed by atoms with Gasteiger partial charge in [0, 0.05) is 18.0 Å². The van der Waals surface area contributed by atoms with Gasteiger partial charge in [-0.3, -0.25) is 4.98 Å². The lowest BCUT2D eigenvalue weighted by molar-refractivity contribution is 0.389. The second-order valence-corrected chi connectivity index (χ2v) is 3.68. The molecule has 0 saturated carbocycles. The van der Waals surface area contributed by atoms with Crippen molar-refractivity contribution in [2.45, 2.75) is 0 Å². The van der Waals surface area contributed by atoms with Crippen molar-refractivity contribution in [3.8, 4) is 17.1 Å². The molecule has 0 aromatic carbocycles. The first kappa shape index (κ1) is 10.0. The molecule has 0 fully saturated rings. The minimum Gasteiger partial charge on any atom is -0.479 e. The van der Waals surface area contributed by atoms with E-state index in [1.54, 1.807) is 19.5 Å². The Morgan fingerprint density at radius 2 is 1.93 bits per heavy atom. The largest absolute Gasteiger partial charge is 0.479 e. The second-order valence-electron chi connectivity index (χ2n) is 2.82. The third kappa shape index (κ3) is 2.12. The number of methoxy groups -OCH3 is 1. The normalized spacial score (nSPS) is 10.0. The van der Waals surface area contributed by atoms with Gasteiger partial charge in [0.25, 0.3) is 0 Å². The molecule has 2 aromatic rings. The first-order valence-corrected chi connectivity index (χ1v) is 5.08. The van der Waals surface area contributed by atoms with Gasteiger partial charge in [-0.1, -0.05) is 0 Å². The summed E-state index contributed by atoms with van der Waals surface area (Å²) in [6, 6.07) is 5.62. The molecule has 0 saturated heterocycles. The summed E-state index contributed by atoms with van der Waals surface area (Å²) in [5.74, 6) is 0.479. The minimum atomic E-state index is 0.479. The van der Waals surface area contributed by atoms with Gasteiger partial charge in [0.15, 0.2) is 0 Å². The Kier molecular flexibility index (Phi) is 2.91. The van der Waals surface area contributed by atoms with Gasteiger partial charge < -0.3 is 4.74 Å². The molecule has 4 nitrogen and oxygen atoms in total. The van der Waals surface area contributed by atoms with Crippen molar-refractivity contribution in [3.05, 3.63) is 35.1 Å². The monoisotopic (exact) mass is 265 g/mol. The Balaban J connectivity index is 2.43. The lowest BCUT2D eigenvalue weighted by Gasteiger charge is -2.03. The fraction of sp³-hybridized carbons (Fsp3) is 0.100. The Morgan fingerprint density at radius 3 is 2.53 bits per heavy atom. The Bertz CT molecular complexity index is 461. The summed E-state index contributed by atoms with van der Waals surface area (Å²) in [6.45, 7) is 0. The van der Waals surface area contributed by atoms with E-state index in [0.29, 0.717) is 5.88 Å². The van der Waals surface area contributed by atoms with Crippen LogP contribution in [0.1, 0.15) is 0 Å². The fourth-order valence-electron chi connectivity index (χ4n) is 1.16. The van der Waals surface area contributed by atoms with Crippen molar-refractivity contribution < 1.29 is 4.74 Å². The highest BCUT2D eigenvalue weighted by molar-refractivity contribution is 9.10. The number of rotatable bonds is 2. The first-order valence-electron chi connectivity index (χ1n) is 4.29. The van der Waals surface area contributed by atoms with E-state index in [0.717, 1.165) is 15.7 Å². The van der Waals surface area contributed by atoms with Crippen LogP contribution >= 0.6 is 15.9 Å². The van der Waals surface area contributed by atoms with Crippen LogP contribution in [0.5, 0.6) is 5.88 Å². The van der Waals surface area contributed by atoms with Crippen molar-refractivity contribution in [2.24, 2.45) is 0 Å². The second kappa shape index (κ2) is 4.35. The SMILES string of the molecule is COc1nnc(-c2ccncc2)cc1Br. The molecular weight excluding hydrogens is 258 g/mol. The molecule has 0 aliphatic carbocycles. The smallest absolute Gasteiger partial charge is 0.247 e. The van der Waals surface area contributed by atoms with Gasteiger partial charge in [-0.2, -0.15) is 0 Å². The summed E-state index contributed by atoms with van der Waals surface area (Å²) in [5, 5.41) is 7.98. The zero-order valence-electron chi connectivity index (χ0n) is 8.01. The number of pyridine rings is 1. The van der Waals surface area contributed by atoms with E-state index in [9.17, 15) is 0 Å². The minimum absolute atomic E-state index is 0.479. The third-order valence-electron chi connectivity index (χ3n) is 1.89. The maximum atomic E-state index is 5.00. The highest BCUT2D eigenvalue weighted by Crippen LogP contribution is 2.25. The van der Waals surface area contributed by atoms with Crippen LogP contribution in [-0.4, -0.2) is 22.3 Å². The van der Waals surface area contributed by atoms with Crippen molar-refractivity contribution in [2.75, 3.05) is 7.11 Å². The van der Waals surface area contributed by atoms with E-state index in [1.165, 1.54) is 0 Å². The molecule has 0 aliphatic rings. The highest BCUT2D eigenvalue weighted by atomic mass is 79.9. The average molecular weight is 266 g/mol. The van der Waals surface area contributed by atoms with Crippen LogP contribution in [0, 0.1) is 0 Å². The molecule has 0 aliphatic heterocycles. The molecule has 2 heterocycles. The molecule has 2 aromatic heterocycles. The molecule has 76 valence electrons. The van der Waals surface area contributed by atoms with E-state index in [-0.39, 0.29) is 0 Å². The topological polar surface area (TPSA) is 47.9 Å². The number of hydrogen-bond donors (Lipinski definition) is 0. The molecule has 0 spiro atoms. The third-order valence-corrected chi connectivity index (χ3v) is 2.45. The maximum absolute atomic E-state index is 5.00. The zero-order valence-corrected chi connectivity index (χ0v) is 9.60. The van der Waals surface area contributed by atoms with Crippen molar-refractivity contribution in [1.29, 1.82) is 0 Å². The fourth-order valence-corrected chi connectivity index (χ4v) is 1.62. The summed E-state index contributed by atoms with van der Waals surface area (Å²) >= 11 is 3.36. The van der Waals surface area contributed by atoms with Crippen LogP contribution < -0.4 is 4.74 Å². The van der Waals surface area contributed by atoms with E-state index < -0.39 is 0 Å². The molecule has 0 radical (unpaired) electrons. The molecule has 0 N–H and O–H groups in total. The van der Waals surface area contributed by atoms with Crippen LogP contribution in [0.25, 0.3) is 11.3 Å². The molecule has 0 bridgehead atoms. The van der Waals surface area contributed by atoms with Crippen LogP contribution in [-0.2, 0) is 0 Å². The zero-order chi connectivity index (χ0) is 10.7. The van der Waals surface area contributed by atoms with E-state index in [4.69, 9.17) is 4.74 Å². The summed E-state index contributed by atoms with van der Waals surface area (Å²) in [7, 11) is 1.56. The van der Waals surface area contributed by atoms with E-state index in [2.05, 4.69) is 31.1 Å². The van der Waals surface area contributed by atoms with Gasteiger partial charge in [-0.25, -0.2) is 0 Å². The van der Waals surface area contributed by atoms with Crippen LogP contribution in [0.4, 0.5) is 0 Å². The van der Waals surface area contributed by atoms with E-state index in [1.807, 2.05) is 18.2 Å². The van der Waals surface area contributed by atoms with Gasteiger partial charge >= 0.3 is 0 Å². The van der Waals surface area contributed by atoms with Crippen LogP contribution in [0.2, 0.25) is 0 Å². The quantitative estimate of drug-likeness (QED) is 0.836. The Morgan fingerprint density at radius 1 is 1.20 bits per heavy atom. The molecule has 0 amide bonds. The van der Waals surface area contributed by atoms with Crippen LogP contribution in [0.3, 0.4) is 0 Å². The van der Waals surface area contributed by atoms with Gasteiger partial charge in [0.2, 0.25) is 5.88 Å². The molecule has 2 rings (SSSR count). The number of halogens is 1. The number of nitrogens with zero attached hydrogens (tertiary/aromatic N) is 3. The summed E-state index contributed by atoms with van der Waals surface area (Å²) in [6.07, 6.45) is 3.43. The van der Waals surface area contributed by atoms with Crippen molar-refractivity contribution >= 4 is 15.9 Å².